The zero-order chi connectivity index (χ0) is 6.43. The van der Waals surface area contributed by atoms with Gasteiger partial charge in [-0.3, -0.25) is 4.79 Å². The van der Waals surface area contributed by atoms with Crippen LogP contribution in [0.3, 0.4) is 0 Å². The third-order valence-electron chi connectivity index (χ3n) is 2.61. The minimum atomic E-state index is 0.205. The van der Waals surface area contributed by atoms with E-state index < -0.39 is 0 Å². The summed E-state index contributed by atoms with van der Waals surface area (Å²) in [6.07, 6.45) is 2.99. The molecule has 0 aliphatic heterocycles. The number of carbonyl (C=O) groups is 1. The Kier molecular flexibility index (Phi) is 0.943. The van der Waals surface area contributed by atoms with E-state index in [1.807, 2.05) is 0 Å². The molecule has 0 saturated heterocycles. The largest absolute Gasteiger partial charge is 0.327 e. The Morgan fingerprint density at radius 2 is 2.22 bits per heavy atom. The van der Waals surface area contributed by atoms with Crippen LogP contribution in [0.1, 0.15) is 19.3 Å². The van der Waals surface area contributed by atoms with Crippen LogP contribution in [0.4, 0.5) is 0 Å². The van der Waals surface area contributed by atoms with Crippen molar-refractivity contribution < 1.29 is 4.79 Å². The molecule has 0 unspecified atom stereocenters. The first-order valence-electron chi connectivity index (χ1n) is 3.55. The molecular formula is C7H11NO. The highest BCUT2D eigenvalue weighted by Gasteiger charge is 2.43. The zero-order valence-corrected chi connectivity index (χ0v) is 5.34. The molecule has 0 radical (unpaired) electrons. The molecule has 2 fully saturated rings. The van der Waals surface area contributed by atoms with Gasteiger partial charge in [-0.05, 0) is 18.8 Å². The summed E-state index contributed by atoms with van der Waals surface area (Å²) in [5.74, 6) is 1.31. The van der Waals surface area contributed by atoms with E-state index >= 15 is 0 Å². The van der Waals surface area contributed by atoms with Crippen molar-refractivity contribution in [1.29, 1.82) is 0 Å². The van der Waals surface area contributed by atoms with Crippen LogP contribution >= 0.6 is 0 Å². The normalized spacial score (nSPS) is 48.6. The third kappa shape index (κ3) is 0.628. The van der Waals surface area contributed by atoms with Crippen molar-refractivity contribution >= 4 is 5.78 Å². The molecule has 0 amide bonds. The van der Waals surface area contributed by atoms with Crippen LogP contribution in [0.25, 0.3) is 0 Å². The SMILES string of the molecule is N[C@@H]1C[C@@H]2CC(=O)[C@H]1C2. The molecule has 2 bridgehead atoms. The molecule has 0 spiro atoms. The smallest absolute Gasteiger partial charge is 0.137 e. The van der Waals surface area contributed by atoms with E-state index in [2.05, 4.69) is 0 Å². The lowest BCUT2D eigenvalue weighted by molar-refractivity contribution is -0.122. The lowest BCUT2D eigenvalue weighted by Gasteiger charge is -2.14. The number of nitrogens with two attached hydrogens (primary N) is 1. The quantitative estimate of drug-likeness (QED) is 0.506. The maximum atomic E-state index is 11.0. The number of hydrogen-bond donors (Lipinski definition) is 1. The van der Waals surface area contributed by atoms with Crippen LogP contribution in [-0.2, 0) is 4.79 Å². The van der Waals surface area contributed by atoms with Crippen molar-refractivity contribution in [3.8, 4) is 0 Å². The van der Waals surface area contributed by atoms with Gasteiger partial charge < -0.3 is 5.73 Å². The molecule has 2 rings (SSSR count). The minimum Gasteiger partial charge on any atom is -0.327 e. The fourth-order valence-corrected chi connectivity index (χ4v) is 2.15. The number of ketones is 1. The fourth-order valence-electron chi connectivity index (χ4n) is 2.15. The van der Waals surface area contributed by atoms with E-state index in [0.717, 1.165) is 19.3 Å². The zero-order valence-electron chi connectivity index (χ0n) is 5.34. The molecule has 9 heavy (non-hydrogen) atoms. The molecule has 50 valence electrons. The molecule has 0 aromatic rings. The first kappa shape index (κ1) is 5.42. The first-order valence-corrected chi connectivity index (χ1v) is 3.55. The van der Waals surface area contributed by atoms with Crippen LogP contribution in [0, 0.1) is 11.8 Å². The Labute approximate surface area is 54.4 Å². The molecule has 2 aliphatic rings. The van der Waals surface area contributed by atoms with Crippen LogP contribution in [-0.4, -0.2) is 11.8 Å². The van der Waals surface area contributed by atoms with Crippen LogP contribution in [0.2, 0.25) is 0 Å². The molecule has 0 heterocycles. The Balaban J connectivity index is 2.21. The molecule has 0 aromatic carbocycles. The van der Waals surface area contributed by atoms with Crippen molar-refractivity contribution in [3.05, 3.63) is 0 Å². The van der Waals surface area contributed by atoms with Crippen molar-refractivity contribution in [3.63, 3.8) is 0 Å². The van der Waals surface area contributed by atoms with E-state index in [-0.39, 0.29) is 12.0 Å². The minimum absolute atomic E-state index is 0.205. The van der Waals surface area contributed by atoms with Gasteiger partial charge in [-0.2, -0.15) is 0 Å². The highest BCUT2D eigenvalue weighted by atomic mass is 16.1. The number of hydrogen-bond acceptors (Lipinski definition) is 2. The van der Waals surface area contributed by atoms with E-state index in [0.29, 0.717) is 11.7 Å². The second-order valence-electron chi connectivity index (χ2n) is 3.28. The van der Waals surface area contributed by atoms with E-state index in [1.165, 1.54) is 0 Å². The van der Waals surface area contributed by atoms with Gasteiger partial charge in [-0.1, -0.05) is 0 Å². The lowest BCUT2D eigenvalue weighted by atomic mass is 9.95. The third-order valence-corrected chi connectivity index (χ3v) is 2.61. The summed E-state index contributed by atoms with van der Waals surface area (Å²) in [5.41, 5.74) is 5.69. The molecule has 0 aromatic heterocycles. The summed E-state index contributed by atoms with van der Waals surface area (Å²) in [5, 5.41) is 0. The van der Waals surface area contributed by atoms with Gasteiger partial charge in [0.2, 0.25) is 0 Å². The van der Waals surface area contributed by atoms with Gasteiger partial charge in [0.15, 0.2) is 0 Å². The van der Waals surface area contributed by atoms with Gasteiger partial charge in [0.25, 0.3) is 0 Å². The predicted octanol–water partition coefficient (Wildman–Crippen LogP) is 0.313. The Morgan fingerprint density at radius 3 is 2.56 bits per heavy atom. The molecule has 2 N–H and O–H groups in total. The molecule has 2 aliphatic carbocycles. The maximum Gasteiger partial charge on any atom is 0.137 e. The summed E-state index contributed by atoms with van der Waals surface area (Å²) in [7, 11) is 0. The lowest BCUT2D eigenvalue weighted by Crippen LogP contribution is -2.32. The van der Waals surface area contributed by atoms with Crippen LogP contribution in [0.5, 0.6) is 0 Å². The fraction of sp³-hybridized carbons (Fsp3) is 0.857. The van der Waals surface area contributed by atoms with Gasteiger partial charge in [0.05, 0.1) is 0 Å². The highest BCUT2D eigenvalue weighted by Crippen LogP contribution is 2.40. The summed E-state index contributed by atoms with van der Waals surface area (Å²) in [4.78, 5) is 11.0. The topological polar surface area (TPSA) is 43.1 Å². The Bertz CT molecular complexity index is 155. The molecule has 2 nitrogen and oxygen atoms in total. The molecule has 2 heteroatoms. The van der Waals surface area contributed by atoms with Crippen molar-refractivity contribution in [2.45, 2.75) is 25.3 Å². The van der Waals surface area contributed by atoms with Crippen molar-refractivity contribution in [2.75, 3.05) is 0 Å². The monoisotopic (exact) mass is 125 g/mol. The van der Waals surface area contributed by atoms with Gasteiger partial charge >= 0.3 is 0 Å². The Morgan fingerprint density at radius 1 is 1.44 bits per heavy atom. The van der Waals surface area contributed by atoms with E-state index in [4.69, 9.17) is 5.73 Å². The standard InChI is InChI=1S/C7H11NO/c8-6-2-4-1-5(6)7(9)3-4/h4-6H,1-3,8H2/t4-,5+,6-/m1/s1. The maximum absolute atomic E-state index is 11.0. The number of rotatable bonds is 0. The summed E-state index contributed by atoms with van der Waals surface area (Å²) in [6.45, 7) is 0. The van der Waals surface area contributed by atoms with E-state index in [1.54, 1.807) is 0 Å². The van der Waals surface area contributed by atoms with Crippen molar-refractivity contribution in [1.82, 2.24) is 0 Å². The number of fused-ring (bicyclic) bond motifs is 2. The van der Waals surface area contributed by atoms with Gasteiger partial charge in [0, 0.05) is 18.4 Å². The van der Waals surface area contributed by atoms with Crippen molar-refractivity contribution in [2.24, 2.45) is 17.6 Å². The predicted molar refractivity (Wildman–Crippen MR) is 33.8 cm³/mol. The van der Waals surface area contributed by atoms with Crippen LogP contribution < -0.4 is 5.73 Å². The van der Waals surface area contributed by atoms with E-state index in [9.17, 15) is 4.79 Å². The second-order valence-corrected chi connectivity index (χ2v) is 3.28. The highest BCUT2D eigenvalue weighted by molar-refractivity contribution is 5.85. The molecule has 2 saturated carbocycles. The van der Waals surface area contributed by atoms with Gasteiger partial charge in [0.1, 0.15) is 5.78 Å². The number of carbonyl (C=O) groups excluding carboxylic acids is 1. The first-order chi connectivity index (χ1) is 4.27. The molecule has 3 atom stereocenters. The van der Waals surface area contributed by atoms with Crippen LogP contribution in [0.15, 0.2) is 0 Å². The second kappa shape index (κ2) is 1.57. The summed E-state index contributed by atoms with van der Waals surface area (Å²) < 4.78 is 0. The number of Topliss-reactive ketones (excluding diaryl/α,β-unsaturated/α-hetero) is 1. The summed E-state index contributed by atoms with van der Waals surface area (Å²) >= 11 is 0. The van der Waals surface area contributed by atoms with Gasteiger partial charge in [-0.25, -0.2) is 0 Å². The average Bonchev–Trinajstić information content (AvgIpc) is 2.22. The summed E-state index contributed by atoms with van der Waals surface area (Å²) in [6, 6.07) is 0.205. The van der Waals surface area contributed by atoms with Gasteiger partial charge in [-0.15, -0.1) is 0 Å². The average molecular weight is 125 g/mol. The molecular weight excluding hydrogens is 114 g/mol. The Hall–Kier alpha value is -0.370.